The molecule has 0 spiro atoms. The molecule has 5 heteroatoms. The second-order valence-corrected chi connectivity index (χ2v) is 3.45. The fraction of sp³-hybridized carbons (Fsp3) is 0.200. The van der Waals surface area contributed by atoms with Crippen LogP contribution in [0.5, 0.6) is 0 Å². The lowest BCUT2D eigenvalue weighted by Gasteiger charge is -1.95. The molecule has 54 valence electrons. The largest absolute Gasteiger partial charge is 0.222 e. The lowest BCUT2D eigenvalue weighted by atomic mass is 10.7. The van der Waals surface area contributed by atoms with Crippen LogP contribution in [-0.4, -0.2) is 20.4 Å². The summed E-state index contributed by atoms with van der Waals surface area (Å²) in [5.74, 6) is 0. The first-order valence-corrected chi connectivity index (χ1v) is 4.53. The molecule has 0 bridgehead atoms. The normalized spacial score (nSPS) is 9.80. The molecular weight excluding hydrogens is 188 g/mol. The number of thiocarbonyl (C=S) groups is 1. The number of hydrogen-bond donors (Lipinski definition) is 0. The Balaban J connectivity index is 2.85. The number of rotatable bonds is 0. The summed E-state index contributed by atoms with van der Waals surface area (Å²) in [6.07, 6.45) is 5.14. The van der Waals surface area contributed by atoms with Crippen LogP contribution in [0.1, 0.15) is 0 Å². The lowest BCUT2D eigenvalue weighted by Crippen LogP contribution is -2.03. The molecule has 1 aromatic rings. The summed E-state index contributed by atoms with van der Waals surface area (Å²) in [6.45, 7) is 0. The maximum atomic E-state index is 5.61. The van der Waals surface area contributed by atoms with Gasteiger partial charge in [-0.15, -0.1) is 0 Å². The standard InChI is InChI=1S/C5H5ClN2S2/c1-10-5(9)8-3-4(6)2-7-8/h2-3H,1H3. The molecule has 0 N–H and O–H groups in total. The smallest absolute Gasteiger partial charge is 0.160 e. The molecule has 0 amide bonds. The van der Waals surface area contributed by atoms with Gasteiger partial charge in [-0.1, -0.05) is 35.6 Å². The van der Waals surface area contributed by atoms with Crippen LogP contribution in [0.15, 0.2) is 12.4 Å². The third-order valence-electron chi connectivity index (χ3n) is 0.913. The number of aromatic nitrogens is 2. The van der Waals surface area contributed by atoms with Crippen LogP contribution < -0.4 is 0 Å². The summed E-state index contributed by atoms with van der Waals surface area (Å²) < 4.78 is 2.27. The molecule has 0 aromatic carbocycles. The van der Waals surface area contributed by atoms with E-state index in [4.69, 9.17) is 23.8 Å². The lowest BCUT2D eigenvalue weighted by molar-refractivity contribution is 0.964. The molecule has 0 fully saturated rings. The van der Waals surface area contributed by atoms with Crippen LogP contribution >= 0.6 is 35.6 Å². The van der Waals surface area contributed by atoms with Crippen molar-refractivity contribution >= 4 is 39.9 Å². The zero-order valence-electron chi connectivity index (χ0n) is 5.24. The third kappa shape index (κ3) is 1.71. The summed E-state index contributed by atoms with van der Waals surface area (Å²) in [4.78, 5) is 0. The average Bonchev–Trinajstić information content (AvgIpc) is 2.34. The minimum Gasteiger partial charge on any atom is -0.222 e. The Morgan fingerprint density at radius 2 is 2.60 bits per heavy atom. The molecule has 0 saturated carbocycles. The fourth-order valence-corrected chi connectivity index (χ4v) is 1.02. The highest BCUT2D eigenvalue weighted by Crippen LogP contribution is 2.08. The van der Waals surface area contributed by atoms with E-state index >= 15 is 0 Å². The van der Waals surface area contributed by atoms with E-state index in [0.29, 0.717) is 9.34 Å². The molecule has 10 heavy (non-hydrogen) atoms. The van der Waals surface area contributed by atoms with E-state index in [2.05, 4.69) is 5.10 Å². The van der Waals surface area contributed by atoms with E-state index in [9.17, 15) is 0 Å². The van der Waals surface area contributed by atoms with Gasteiger partial charge in [0.1, 0.15) is 0 Å². The first-order valence-electron chi connectivity index (χ1n) is 2.52. The predicted molar refractivity (Wildman–Crippen MR) is 48.7 cm³/mol. The van der Waals surface area contributed by atoms with E-state index in [1.165, 1.54) is 11.8 Å². The molecule has 0 radical (unpaired) electrons. The Morgan fingerprint density at radius 1 is 1.90 bits per heavy atom. The number of hydrogen-bond acceptors (Lipinski definition) is 3. The second-order valence-electron chi connectivity index (χ2n) is 1.57. The zero-order chi connectivity index (χ0) is 7.56. The molecule has 0 unspecified atom stereocenters. The van der Waals surface area contributed by atoms with Gasteiger partial charge in [-0.05, 0) is 6.26 Å². The summed E-state index contributed by atoms with van der Waals surface area (Å²) in [5.41, 5.74) is 0. The SMILES string of the molecule is CSC(=S)n1cc(Cl)cn1. The molecular formula is C5H5ClN2S2. The quantitative estimate of drug-likeness (QED) is 0.586. The van der Waals surface area contributed by atoms with Crippen molar-refractivity contribution < 1.29 is 0 Å². The van der Waals surface area contributed by atoms with Gasteiger partial charge in [0.2, 0.25) is 0 Å². The average molecular weight is 193 g/mol. The Kier molecular flexibility index (Phi) is 2.71. The minimum absolute atomic E-state index is 0.608. The summed E-state index contributed by atoms with van der Waals surface area (Å²) >= 11 is 12.0. The van der Waals surface area contributed by atoms with E-state index in [0.717, 1.165) is 0 Å². The summed E-state index contributed by atoms with van der Waals surface area (Å²) in [7, 11) is 0. The Labute approximate surface area is 73.6 Å². The number of halogens is 1. The van der Waals surface area contributed by atoms with Crippen molar-refractivity contribution in [3.63, 3.8) is 0 Å². The van der Waals surface area contributed by atoms with Gasteiger partial charge < -0.3 is 0 Å². The van der Waals surface area contributed by atoms with Gasteiger partial charge in [0.15, 0.2) is 4.32 Å². The molecule has 1 rings (SSSR count). The third-order valence-corrected chi connectivity index (χ3v) is 2.33. The van der Waals surface area contributed by atoms with Crippen LogP contribution in [0, 0.1) is 0 Å². The molecule has 1 heterocycles. The van der Waals surface area contributed by atoms with Crippen LogP contribution in [0.4, 0.5) is 0 Å². The fourth-order valence-electron chi connectivity index (χ4n) is 0.494. The Morgan fingerprint density at radius 3 is 3.00 bits per heavy atom. The zero-order valence-corrected chi connectivity index (χ0v) is 7.63. The van der Waals surface area contributed by atoms with Crippen LogP contribution in [-0.2, 0) is 0 Å². The highest BCUT2D eigenvalue weighted by molar-refractivity contribution is 8.22. The van der Waals surface area contributed by atoms with Crippen LogP contribution in [0.2, 0.25) is 5.02 Å². The molecule has 0 aliphatic rings. The second kappa shape index (κ2) is 3.37. The van der Waals surface area contributed by atoms with Crippen molar-refractivity contribution in [2.24, 2.45) is 0 Å². The van der Waals surface area contributed by atoms with Crippen molar-refractivity contribution in [2.45, 2.75) is 0 Å². The van der Waals surface area contributed by atoms with Gasteiger partial charge in [0.05, 0.1) is 17.4 Å². The van der Waals surface area contributed by atoms with E-state index in [1.807, 2.05) is 6.26 Å². The Bertz CT molecular complexity index is 246. The van der Waals surface area contributed by atoms with Crippen molar-refractivity contribution in [3.8, 4) is 0 Å². The highest BCUT2D eigenvalue weighted by Gasteiger charge is 1.98. The van der Waals surface area contributed by atoms with E-state index in [-0.39, 0.29) is 0 Å². The maximum absolute atomic E-state index is 5.61. The van der Waals surface area contributed by atoms with Crippen molar-refractivity contribution in [1.29, 1.82) is 0 Å². The minimum atomic E-state index is 0.608. The van der Waals surface area contributed by atoms with Gasteiger partial charge >= 0.3 is 0 Å². The molecule has 0 atom stereocenters. The maximum Gasteiger partial charge on any atom is 0.160 e. The predicted octanol–water partition coefficient (Wildman–Crippen LogP) is 2.03. The van der Waals surface area contributed by atoms with Crippen LogP contribution in [0.25, 0.3) is 0 Å². The van der Waals surface area contributed by atoms with Gasteiger partial charge in [-0.3, -0.25) is 0 Å². The topological polar surface area (TPSA) is 17.8 Å². The monoisotopic (exact) mass is 192 g/mol. The number of nitrogens with zero attached hydrogens (tertiary/aromatic N) is 2. The first kappa shape index (κ1) is 8.04. The van der Waals surface area contributed by atoms with Crippen molar-refractivity contribution in [3.05, 3.63) is 17.4 Å². The molecule has 0 aliphatic heterocycles. The van der Waals surface area contributed by atoms with E-state index < -0.39 is 0 Å². The highest BCUT2D eigenvalue weighted by atomic mass is 35.5. The summed E-state index contributed by atoms with van der Waals surface area (Å²) in [5, 5.41) is 4.52. The summed E-state index contributed by atoms with van der Waals surface area (Å²) in [6, 6.07) is 0. The molecule has 1 aromatic heterocycles. The number of thioether (sulfide) groups is 1. The van der Waals surface area contributed by atoms with Crippen molar-refractivity contribution in [2.75, 3.05) is 6.26 Å². The first-order chi connectivity index (χ1) is 4.74. The van der Waals surface area contributed by atoms with Gasteiger partial charge in [0, 0.05) is 0 Å². The van der Waals surface area contributed by atoms with Gasteiger partial charge in [-0.2, -0.15) is 5.10 Å². The van der Waals surface area contributed by atoms with Crippen molar-refractivity contribution in [1.82, 2.24) is 9.78 Å². The van der Waals surface area contributed by atoms with E-state index in [1.54, 1.807) is 17.1 Å². The van der Waals surface area contributed by atoms with Crippen LogP contribution in [0.3, 0.4) is 0 Å². The molecule has 2 nitrogen and oxygen atoms in total. The molecule has 0 aliphatic carbocycles. The van der Waals surface area contributed by atoms with Gasteiger partial charge in [-0.25, -0.2) is 4.68 Å². The van der Waals surface area contributed by atoms with Gasteiger partial charge in [0.25, 0.3) is 0 Å². The Hall–Kier alpha value is -0.0600. The molecule has 0 saturated heterocycles.